The van der Waals surface area contributed by atoms with Gasteiger partial charge in [-0.3, -0.25) is 0 Å². The Balaban J connectivity index is 2.11. The molecule has 3 N–H and O–H groups in total. The zero-order chi connectivity index (χ0) is 14.8. The molecule has 1 aliphatic rings. The van der Waals surface area contributed by atoms with E-state index in [9.17, 15) is 9.90 Å². The fraction of sp³-hybridized carbons (Fsp3) is 0.533. The van der Waals surface area contributed by atoms with Gasteiger partial charge < -0.3 is 15.2 Å². The number of ether oxygens (including phenoxy) is 1. The van der Waals surface area contributed by atoms with E-state index in [2.05, 4.69) is 5.32 Å². The molecule has 0 saturated carbocycles. The van der Waals surface area contributed by atoms with Gasteiger partial charge in [0.25, 0.3) is 0 Å². The normalized spacial score (nSPS) is 16.9. The van der Waals surface area contributed by atoms with Crippen molar-refractivity contribution in [2.24, 2.45) is 5.92 Å². The molecule has 0 bridgehead atoms. The van der Waals surface area contributed by atoms with Crippen LogP contribution in [0.4, 0.5) is 0 Å². The molecule has 4 nitrogen and oxygen atoms in total. The summed E-state index contributed by atoms with van der Waals surface area (Å²) in [4.78, 5) is 12.3. The molecule has 1 heterocycles. The van der Waals surface area contributed by atoms with E-state index in [1.54, 1.807) is 0 Å². The average molecular weight is 299 g/mol. The van der Waals surface area contributed by atoms with Gasteiger partial charge in [-0.1, -0.05) is 11.6 Å². The molecular weight excluding hydrogens is 278 g/mol. The Hall–Kier alpha value is -1.26. The zero-order valence-electron chi connectivity index (χ0n) is 11.9. The number of carbonyl (C=O) groups is 1. The second kappa shape index (κ2) is 6.02. The van der Waals surface area contributed by atoms with Crippen LogP contribution >= 0.6 is 11.6 Å². The number of piperidine rings is 1. The molecular formula is C15H21ClNO3+. The summed E-state index contributed by atoms with van der Waals surface area (Å²) in [5, 5.41) is 12.0. The highest BCUT2D eigenvalue weighted by atomic mass is 35.5. The summed E-state index contributed by atoms with van der Waals surface area (Å²) in [5.41, 5.74) is -0.317. The van der Waals surface area contributed by atoms with Crippen LogP contribution in [0.15, 0.2) is 18.2 Å². The average Bonchev–Trinajstić information content (AvgIpc) is 2.42. The van der Waals surface area contributed by atoms with Crippen molar-refractivity contribution in [3.63, 3.8) is 0 Å². The highest BCUT2D eigenvalue weighted by Gasteiger charge is 2.35. The lowest BCUT2D eigenvalue weighted by atomic mass is 9.83. The third-order valence-electron chi connectivity index (χ3n) is 3.95. The number of aromatic hydroxyl groups is 1. The quantitative estimate of drug-likeness (QED) is 0.839. The van der Waals surface area contributed by atoms with Crippen molar-refractivity contribution in [3.8, 4) is 5.75 Å². The molecule has 0 spiro atoms. The second-order valence-electron chi connectivity index (χ2n) is 5.80. The third kappa shape index (κ3) is 3.44. The smallest absolute Gasteiger partial charge is 0.340 e. The maximum Gasteiger partial charge on any atom is 0.340 e. The van der Waals surface area contributed by atoms with Gasteiger partial charge in [-0.2, -0.15) is 0 Å². The molecule has 1 saturated heterocycles. The van der Waals surface area contributed by atoms with Gasteiger partial charge in [0.15, 0.2) is 0 Å². The van der Waals surface area contributed by atoms with Crippen LogP contribution in [0.5, 0.6) is 5.75 Å². The van der Waals surface area contributed by atoms with Crippen molar-refractivity contribution < 1.29 is 20.0 Å². The maximum absolute atomic E-state index is 12.3. The number of hydrogen-bond acceptors (Lipinski definition) is 3. The molecule has 1 aromatic carbocycles. The highest BCUT2D eigenvalue weighted by Crippen LogP contribution is 2.30. The number of phenolic OH excluding ortho intramolecular Hbond substituents is 1. The van der Waals surface area contributed by atoms with Gasteiger partial charge in [0.2, 0.25) is 0 Å². The van der Waals surface area contributed by atoms with Gasteiger partial charge in [0.1, 0.15) is 11.4 Å². The minimum Gasteiger partial charge on any atom is -0.508 e. The summed E-state index contributed by atoms with van der Waals surface area (Å²) >= 11 is 5.99. The Morgan fingerprint density at radius 2 is 2.05 bits per heavy atom. The molecule has 0 aromatic heterocycles. The van der Waals surface area contributed by atoms with Crippen molar-refractivity contribution in [1.29, 1.82) is 0 Å². The first-order valence-electron chi connectivity index (χ1n) is 6.93. The Labute approximate surface area is 124 Å². The number of hydrogen-bond donors (Lipinski definition) is 2. The van der Waals surface area contributed by atoms with E-state index in [1.807, 2.05) is 13.8 Å². The van der Waals surface area contributed by atoms with Gasteiger partial charge in [-0.05, 0) is 32.0 Å². The van der Waals surface area contributed by atoms with E-state index in [0.29, 0.717) is 10.9 Å². The molecule has 1 aliphatic heterocycles. The monoisotopic (exact) mass is 298 g/mol. The fourth-order valence-electron chi connectivity index (χ4n) is 2.67. The summed E-state index contributed by atoms with van der Waals surface area (Å²) in [6, 6.07) is 4.28. The number of phenols is 1. The Kier molecular flexibility index (Phi) is 4.55. The number of halogens is 1. The van der Waals surface area contributed by atoms with E-state index in [4.69, 9.17) is 16.3 Å². The lowest BCUT2D eigenvalue weighted by Crippen LogP contribution is -2.86. The fourth-order valence-corrected chi connectivity index (χ4v) is 2.86. The van der Waals surface area contributed by atoms with Gasteiger partial charge in [-0.15, -0.1) is 0 Å². The van der Waals surface area contributed by atoms with Crippen LogP contribution in [0, 0.1) is 5.92 Å². The van der Waals surface area contributed by atoms with Gasteiger partial charge in [0, 0.05) is 18.8 Å². The van der Waals surface area contributed by atoms with Gasteiger partial charge >= 0.3 is 5.97 Å². The Bertz CT molecular complexity index is 496. The van der Waals surface area contributed by atoms with Crippen molar-refractivity contribution in [1.82, 2.24) is 0 Å². The SMILES string of the molecule is CC(C)(OC(=O)c1cc(O)ccc1Cl)C1CC[NH2+]CC1. The molecule has 2 rings (SSSR count). The summed E-state index contributed by atoms with van der Waals surface area (Å²) < 4.78 is 5.65. The van der Waals surface area contributed by atoms with Crippen molar-refractivity contribution in [2.45, 2.75) is 32.3 Å². The zero-order valence-corrected chi connectivity index (χ0v) is 12.6. The summed E-state index contributed by atoms with van der Waals surface area (Å²) in [6.45, 7) is 6.02. The van der Waals surface area contributed by atoms with E-state index in [1.165, 1.54) is 18.2 Å². The third-order valence-corrected chi connectivity index (χ3v) is 4.28. The number of benzene rings is 1. The molecule has 110 valence electrons. The van der Waals surface area contributed by atoms with Crippen LogP contribution in [0.1, 0.15) is 37.0 Å². The lowest BCUT2D eigenvalue weighted by molar-refractivity contribution is -0.665. The summed E-state index contributed by atoms with van der Waals surface area (Å²) in [5.74, 6) is -0.121. The molecule has 5 heteroatoms. The topological polar surface area (TPSA) is 63.1 Å². The first-order chi connectivity index (χ1) is 9.40. The van der Waals surface area contributed by atoms with Gasteiger partial charge in [0.05, 0.1) is 23.7 Å². The molecule has 0 amide bonds. The number of esters is 1. The Morgan fingerprint density at radius 3 is 2.70 bits per heavy atom. The van der Waals surface area contributed by atoms with Gasteiger partial charge in [-0.25, -0.2) is 4.79 Å². The van der Waals surface area contributed by atoms with Crippen molar-refractivity contribution in [2.75, 3.05) is 13.1 Å². The molecule has 0 atom stereocenters. The molecule has 1 aromatic rings. The van der Waals surface area contributed by atoms with E-state index in [-0.39, 0.29) is 11.3 Å². The van der Waals surface area contributed by atoms with Crippen LogP contribution in [0.2, 0.25) is 5.02 Å². The molecule has 0 unspecified atom stereocenters. The molecule has 0 aliphatic carbocycles. The van der Waals surface area contributed by atoms with E-state index < -0.39 is 11.6 Å². The van der Waals surface area contributed by atoms with Crippen LogP contribution < -0.4 is 5.32 Å². The predicted molar refractivity (Wildman–Crippen MR) is 77.0 cm³/mol. The van der Waals surface area contributed by atoms with Crippen molar-refractivity contribution in [3.05, 3.63) is 28.8 Å². The van der Waals surface area contributed by atoms with Crippen LogP contribution in [0.3, 0.4) is 0 Å². The second-order valence-corrected chi connectivity index (χ2v) is 6.20. The predicted octanol–water partition coefficient (Wildman–Crippen LogP) is 1.95. The molecule has 1 fully saturated rings. The largest absolute Gasteiger partial charge is 0.508 e. The van der Waals surface area contributed by atoms with E-state index >= 15 is 0 Å². The minimum atomic E-state index is -0.528. The first-order valence-corrected chi connectivity index (χ1v) is 7.31. The maximum atomic E-state index is 12.3. The number of carbonyl (C=O) groups excluding carboxylic acids is 1. The van der Waals surface area contributed by atoms with Crippen molar-refractivity contribution >= 4 is 17.6 Å². The standard InChI is InChI=1S/C15H20ClNO3/c1-15(2,10-5-7-17-8-6-10)20-14(19)12-9-11(18)3-4-13(12)16/h3-4,9-10,17-18H,5-8H2,1-2H3/p+1. The molecule has 0 radical (unpaired) electrons. The number of rotatable bonds is 3. The summed E-state index contributed by atoms with van der Waals surface area (Å²) in [6.07, 6.45) is 2.07. The number of nitrogens with two attached hydrogens (primary N) is 1. The Morgan fingerprint density at radius 1 is 1.40 bits per heavy atom. The van der Waals surface area contributed by atoms with Crippen LogP contribution in [-0.2, 0) is 4.74 Å². The number of quaternary nitrogens is 1. The van der Waals surface area contributed by atoms with Crippen LogP contribution in [-0.4, -0.2) is 29.8 Å². The molecule has 20 heavy (non-hydrogen) atoms. The van der Waals surface area contributed by atoms with Crippen LogP contribution in [0.25, 0.3) is 0 Å². The summed E-state index contributed by atoms with van der Waals surface area (Å²) in [7, 11) is 0. The minimum absolute atomic E-state index is 0.00595. The highest BCUT2D eigenvalue weighted by molar-refractivity contribution is 6.33. The van der Waals surface area contributed by atoms with E-state index in [0.717, 1.165) is 25.9 Å². The lowest BCUT2D eigenvalue weighted by Gasteiger charge is -2.35. The first kappa shape index (κ1) is 15.1.